The molecule has 0 saturated heterocycles. The summed E-state index contributed by atoms with van der Waals surface area (Å²) in [6.45, 7) is 0. The molecule has 1 radical (unpaired) electrons. The van der Waals surface area contributed by atoms with Gasteiger partial charge in [0.25, 0.3) is 20.2 Å². The lowest BCUT2D eigenvalue weighted by Crippen LogP contribution is -2.38. The zero-order chi connectivity index (χ0) is 16.5. The Balaban J connectivity index is 2.46. The summed E-state index contributed by atoms with van der Waals surface area (Å²) in [6, 6.07) is 2.33. The smallest absolute Gasteiger partial charge is 0.282 e. The topological polar surface area (TPSA) is 148 Å². The minimum Gasteiger partial charge on any atom is -0.282 e. The number of hydrogen-bond donors (Lipinski definition) is 4. The normalized spacial score (nSPS) is 15.2. The highest BCUT2D eigenvalue weighted by Gasteiger charge is 2.22. The van der Waals surface area contributed by atoms with Crippen molar-refractivity contribution in [2.45, 2.75) is 9.79 Å². The van der Waals surface area contributed by atoms with E-state index in [4.69, 9.17) is 9.11 Å². The largest absolute Gasteiger partial charge is 0.296 e. The zero-order valence-electron chi connectivity index (χ0n) is 10.4. The second-order valence-electron chi connectivity index (χ2n) is 3.85. The highest BCUT2D eigenvalue weighted by Crippen LogP contribution is 2.25. The summed E-state index contributed by atoms with van der Waals surface area (Å²) in [5.74, 6) is -0.950. The van der Waals surface area contributed by atoms with E-state index in [9.17, 15) is 21.2 Å². The summed E-state index contributed by atoms with van der Waals surface area (Å²) in [5, 5.41) is 3.90. The van der Waals surface area contributed by atoms with Crippen LogP contribution in [0.4, 0.5) is 10.1 Å². The van der Waals surface area contributed by atoms with Gasteiger partial charge in [-0.1, -0.05) is 0 Å². The van der Waals surface area contributed by atoms with Crippen LogP contribution in [0.25, 0.3) is 0 Å². The van der Waals surface area contributed by atoms with Gasteiger partial charge in [-0.2, -0.15) is 21.2 Å². The van der Waals surface area contributed by atoms with E-state index in [1.807, 2.05) is 0 Å². The van der Waals surface area contributed by atoms with E-state index >= 15 is 0 Å². The van der Waals surface area contributed by atoms with Gasteiger partial charge in [-0.25, -0.2) is 0 Å². The third-order valence-electron chi connectivity index (χ3n) is 2.31. The Morgan fingerprint density at radius 3 is 2.45 bits per heavy atom. The summed E-state index contributed by atoms with van der Waals surface area (Å²) in [7, 11) is -9.53. The summed E-state index contributed by atoms with van der Waals surface area (Å²) in [6.07, 6.45) is 3.10. The summed E-state index contributed by atoms with van der Waals surface area (Å²) >= 11 is 0. The highest BCUT2D eigenvalue weighted by molar-refractivity contribution is 7.86. The van der Waals surface area contributed by atoms with Crippen LogP contribution in [0.5, 0.6) is 0 Å². The second-order valence-corrected chi connectivity index (χ2v) is 6.67. The molecule has 0 aromatic heterocycles. The van der Waals surface area contributed by atoms with E-state index < -0.39 is 36.0 Å². The van der Waals surface area contributed by atoms with Crippen LogP contribution in [0, 0.1) is 6.20 Å². The maximum absolute atomic E-state index is 12.9. The lowest BCUT2D eigenvalue weighted by atomic mass is 10.3. The third-order valence-corrected chi connectivity index (χ3v) is 4.06. The summed E-state index contributed by atoms with van der Waals surface area (Å²) in [4.78, 5) is -1.62. The minimum absolute atomic E-state index is 0.331. The molecule has 0 atom stereocenters. The lowest BCUT2D eigenvalue weighted by molar-refractivity contribution is 0.270. The van der Waals surface area contributed by atoms with Crippen LogP contribution in [0.15, 0.2) is 39.2 Å². The number of hydrogen-bond acceptors (Lipinski definition) is 8. The standard InChI is InChI=1S/C9H8FN4O6S2/c10-9-3-4-11-14(13-9)12-7-2-1-6(21(15,16)17)5-8(7)22(18,19)20/h1-3,5,11-12H,(H,15,16,17)(H,18,19,20). The number of hydrazone groups is 1. The fourth-order valence-electron chi connectivity index (χ4n) is 1.44. The Kier molecular flexibility index (Phi) is 4.06. The molecule has 1 aromatic rings. The number of rotatable bonds is 4. The maximum Gasteiger partial charge on any atom is 0.296 e. The lowest BCUT2D eigenvalue weighted by Gasteiger charge is -2.22. The molecule has 0 amide bonds. The van der Waals surface area contributed by atoms with Crippen molar-refractivity contribution in [1.29, 1.82) is 0 Å². The molecule has 1 heterocycles. The number of benzene rings is 1. The van der Waals surface area contributed by atoms with E-state index in [0.29, 0.717) is 11.3 Å². The average Bonchev–Trinajstić information content (AvgIpc) is 2.36. The molecular weight excluding hydrogens is 343 g/mol. The van der Waals surface area contributed by atoms with Crippen molar-refractivity contribution in [2.75, 3.05) is 5.43 Å². The first-order chi connectivity index (χ1) is 10.1. The third kappa shape index (κ3) is 3.70. The van der Waals surface area contributed by atoms with Gasteiger partial charge in [-0.3, -0.25) is 20.0 Å². The molecule has 0 fully saturated rings. The molecule has 119 valence electrons. The molecular formula is C9H8FN4O6S2. The molecule has 22 heavy (non-hydrogen) atoms. The van der Waals surface area contributed by atoms with Crippen molar-refractivity contribution in [3.8, 4) is 0 Å². The molecule has 2 rings (SSSR count). The fourth-order valence-corrected chi connectivity index (χ4v) is 2.69. The van der Waals surface area contributed by atoms with Crippen LogP contribution in [0.3, 0.4) is 0 Å². The number of hydrazine groups is 2. The first-order valence-electron chi connectivity index (χ1n) is 5.32. The Hall–Kier alpha value is -2.22. The second kappa shape index (κ2) is 5.53. The van der Waals surface area contributed by atoms with Crippen LogP contribution in [-0.4, -0.2) is 37.1 Å². The van der Waals surface area contributed by atoms with Gasteiger partial charge in [-0.05, 0) is 18.2 Å². The quantitative estimate of drug-likeness (QED) is 0.547. The van der Waals surface area contributed by atoms with E-state index in [0.717, 1.165) is 18.2 Å². The van der Waals surface area contributed by atoms with E-state index in [-0.39, 0.29) is 5.69 Å². The molecule has 1 aliphatic heterocycles. The molecule has 0 spiro atoms. The number of nitrogens with zero attached hydrogens (tertiary/aromatic N) is 2. The predicted octanol–water partition coefficient (Wildman–Crippen LogP) is -0.0730. The van der Waals surface area contributed by atoms with Gasteiger partial charge in [-0.15, -0.1) is 10.3 Å². The molecule has 0 unspecified atom stereocenters. The molecule has 0 aliphatic carbocycles. The van der Waals surface area contributed by atoms with Gasteiger partial charge in [0.1, 0.15) is 4.90 Å². The van der Waals surface area contributed by atoms with Crippen molar-refractivity contribution in [1.82, 2.24) is 10.7 Å². The molecule has 0 saturated carbocycles. The fraction of sp³-hybridized carbons (Fsp3) is 0. The van der Waals surface area contributed by atoms with Gasteiger partial charge < -0.3 is 0 Å². The van der Waals surface area contributed by atoms with Crippen molar-refractivity contribution in [2.24, 2.45) is 5.10 Å². The van der Waals surface area contributed by atoms with Crippen molar-refractivity contribution >= 4 is 31.9 Å². The Labute approximate surface area is 124 Å². The van der Waals surface area contributed by atoms with E-state index in [2.05, 4.69) is 22.2 Å². The van der Waals surface area contributed by atoms with Gasteiger partial charge in [0, 0.05) is 6.08 Å². The van der Waals surface area contributed by atoms with Gasteiger partial charge in [0.15, 0.2) is 0 Å². The maximum atomic E-state index is 12.9. The molecule has 1 aliphatic rings. The Morgan fingerprint density at radius 2 is 1.91 bits per heavy atom. The molecule has 13 heteroatoms. The van der Waals surface area contributed by atoms with Gasteiger partial charge in [0.05, 0.1) is 16.8 Å². The highest BCUT2D eigenvalue weighted by atomic mass is 32.2. The van der Waals surface area contributed by atoms with Crippen LogP contribution in [0.2, 0.25) is 0 Å². The van der Waals surface area contributed by atoms with E-state index in [1.54, 1.807) is 0 Å². The zero-order valence-corrected chi connectivity index (χ0v) is 12.1. The monoisotopic (exact) mass is 351 g/mol. The Bertz CT molecular complexity index is 864. The number of anilines is 1. The van der Waals surface area contributed by atoms with Crippen LogP contribution in [0.1, 0.15) is 0 Å². The van der Waals surface area contributed by atoms with Crippen LogP contribution in [-0.2, 0) is 20.2 Å². The average molecular weight is 351 g/mol. The summed E-state index contributed by atoms with van der Waals surface area (Å²) in [5.41, 5.74) is 4.20. The first kappa shape index (κ1) is 16.2. The summed E-state index contributed by atoms with van der Waals surface area (Å²) < 4.78 is 75.6. The van der Waals surface area contributed by atoms with Crippen molar-refractivity contribution in [3.05, 3.63) is 30.5 Å². The first-order valence-corrected chi connectivity index (χ1v) is 8.20. The Morgan fingerprint density at radius 1 is 1.23 bits per heavy atom. The molecule has 1 aromatic carbocycles. The number of halogens is 1. The number of nitrogens with one attached hydrogen (secondary N) is 2. The van der Waals surface area contributed by atoms with E-state index in [1.165, 1.54) is 0 Å². The SMILES string of the molecule is O=S(=O)(O)c1ccc(NN2N=C(F)C=[C]N2)c(S(=O)(=O)O)c1. The van der Waals surface area contributed by atoms with Crippen molar-refractivity contribution in [3.63, 3.8) is 0 Å². The van der Waals surface area contributed by atoms with Crippen LogP contribution < -0.4 is 10.9 Å². The van der Waals surface area contributed by atoms with Gasteiger partial charge >= 0.3 is 0 Å². The molecule has 10 nitrogen and oxygen atoms in total. The van der Waals surface area contributed by atoms with Crippen molar-refractivity contribution < 1.29 is 30.3 Å². The van der Waals surface area contributed by atoms with Gasteiger partial charge in [0.2, 0.25) is 5.97 Å². The predicted molar refractivity (Wildman–Crippen MR) is 71.0 cm³/mol. The number of allylic oxidation sites excluding steroid dienone is 1. The minimum atomic E-state index is -4.84. The molecule has 0 bridgehead atoms. The van der Waals surface area contributed by atoms with Crippen LogP contribution >= 0.6 is 0 Å². The molecule has 4 N–H and O–H groups in total.